The van der Waals surface area contributed by atoms with Crippen LogP contribution in [0.4, 0.5) is 0 Å². The van der Waals surface area contributed by atoms with Crippen LogP contribution < -0.4 is 5.56 Å². The van der Waals surface area contributed by atoms with E-state index in [0.29, 0.717) is 16.2 Å². The first-order chi connectivity index (χ1) is 12.2. The summed E-state index contributed by atoms with van der Waals surface area (Å²) in [5.41, 5.74) is 3.96. The molecule has 5 heteroatoms. The van der Waals surface area contributed by atoms with Gasteiger partial charge in [-0.2, -0.15) is 0 Å². The molecule has 0 aliphatic carbocycles. The molecule has 0 fully saturated rings. The number of aromatic nitrogens is 2. The molecule has 0 saturated carbocycles. The van der Waals surface area contributed by atoms with Crippen LogP contribution in [0.3, 0.4) is 0 Å². The first-order valence-corrected chi connectivity index (χ1v) is 9.28. The van der Waals surface area contributed by atoms with Gasteiger partial charge in [-0.3, -0.25) is 4.79 Å². The SMILES string of the molecule is CCc1ccc(-c2csc3nc(-c4ccc(Cl)cc4)[nH]c(=O)c23)cc1. The third-order valence-electron chi connectivity index (χ3n) is 4.23. The lowest BCUT2D eigenvalue weighted by atomic mass is 10.0. The highest BCUT2D eigenvalue weighted by molar-refractivity contribution is 7.17. The van der Waals surface area contributed by atoms with Gasteiger partial charge in [0.2, 0.25) is 0 Å². The molecule has 0 atom stereocenters. The minimum absolute atomic E-state index is 0.120. The lowest BCUT2D eigenvalue weighted by Crippen LogP contribution is -2.08. The van der Waals surface area contributed by atoms with Gasteiger partial charge in [0.15, 0.2) is 0 Å². The maximum Gasteiger partial charge on any atom is 0.260 e. The number of H-pyrrole nitrogens is 1. The summed E-state index contributed by atoms with van der Waals surface area (Å²) < 4.78 is 0. The molecule has 2 aromatic carbocycles. The van der Waals surface area contributed by atoms with E-state index in [1.165, 1.54) is 16.9 Å². The molecular formula is C20H15ClN2OS. The van der Waals surface area contributed by atoms with Crippen LogP contribution in [-0.4, -0.2) is 9.97 Å². The number of nitrogens with zero attached hydrogens (tertiary/aromatic N) is 1. The monoisotopic (exact) mass is 366 g/mol. The van der Waals surface area contributed by atoms with Crippen LogP contribution in [-0.2, 0) is 6.42 Å². The van der Waals surface area contributed by atoms with Crippen molar-refractivity contribution in [2.24, 2.45) is 0 Å². The van der Waals surface area contributed by atoms with Crippen molar-refractivity contribution in [3.8, 4) is 22.5 Å². The Labute approximate surface area is 154 Å². The first-order valence-electron chi connectivity index (χ1n) is 8.02. The van der Waals surface area contributed by atoms with E-state index in [9.17, 15) is 4.79 Å². The quantitative estimate of drug-likeness (QED) is 0.517. The number of aryl methyl sites for hydroxylation is 1. The third-order valence-corrected chi connectivity index (χ3v) is 5.36. The molecule has 3 nitrogen and oxygen atoms in total. The Kier molecular flexibility index (Phi) is 4.15. The topological polar surface area (TPSA) is 45.8 Å². The molecular weight excluding hydrogens is 352 g/mol. The molecule has 0 spiro atoms. The Morgan fingerprint density at radius 3 is 2.40 bits per heavy atom. The number of nitrogens with one attached hydrogen (secondary N) is 1. The zero-order valence-electron chi connectivity index (χ0n) is 13.5. The second-order valence-electron chi connectivity index (χ2n) is 5.80. The Morgan fingerprint density at radius 2 is 1.72 bits per heavy atom. The predicted octanol–water partition coefficient (Wildman–Crippen LogP) is 5.53. The van der Waals surface area contributed by atoms with Crippen LogP contribution >= 0.6 is 22.9 Å². The molecule has 0 unspecified atom stereocenters. The van der Waals surface area contributed by atoms with Crippen LogP contribution in [0.15, 0.2) is 58.7 Å². The number of hydrogen-bond donors (Lipinski definition) is 1. The van der Waals surface area contributed by atoms with Crippen molar-refractivity contribution in [3.63, 3.8) is 0 Å². The van der Waals surface area contributed by atoms with Crippen LogP contribution in [0.1, 0.15) is 12.5 Å². The standard InChI is InChI=1S/C20H15ClN2OS/c1-2-12-3-5-13(6-4-12)16-11-25-20-17(16)19(24)22-18(23-20)14-7-9-15(21)10-8-14/h3-11H,2H2,1H3,(H,22,23,24). The first kappa shape index (κ1) is 16.1. The summed E-state index contributed by atoms with van der Waals surface area (Å²) in [6.07, 6.45) is 0.997. The Balaban J connectivity index is 1.84. The molecule has 4 aromatic rings. The number of aromatic amines is 1. The fourth-order valence-corrected chi connectivity index (χ4v) is 3.90. The van der Waals surface area contributed by atoms with Gasteiger partial charge in [-0.25, -0.2) is 4.98 Å². The molecule has 4 rings (SSSR count). The van der Waals surface area contributed by atoms with Crippen molar-refractivity contribution in [1.29, 1.82) is 0 Å². The van der Waals surface area contributed by atoms with E-state index in [4.69, 9.17) is 11.6 Å². The maximum absolute atomic E-state index is 12.7. The predicted molar refractivity (Wildman–Crippen MR) is 106 cm³/mol. The summed E-state index contributed by atoms with van der Waals surface area (Å²) in [6.45, 7) is 2.13. The summed E-state index contributed by atoms with van der Waals surface area (Å²) in [4.78, 5) is 21.0. The zero-order valence-corrected chi connectivity index (χ0v) is 15.1. The fraction of sp³-hybridized carbons (Fsp3) is 0.100. The van der Waals surface area contributed by atoms with Gasteiger partial charge in [0, 0.05) is 21.5 Å². The highest BCUT2D eigenvalue weighted by atomic mass is 35.5. The lowest BCUT2D eigenvalue weighted by Gasteiger charge is -2.03. The zero-order chi connectivity index (χ0) is 17.4. The molecule has 124 valence electrons. The minimum atomic E-state index is -0.120. The van der Waals surface area contributed by atoms with E-state index in [2.05, 4.69) is 41.2 Å². The average molecular weight is 367 g/mol. The van der Waals surface area contributed by atoms with Crippen molar-refractivity contribution in [2.75, 3.05) is 0 Å². The van der Waals surface area contributed by atoms with Crippen LogP contribution in [0.5, 0.6) is 0 Å². The summed E-state index contributed by atoms with van der Waals surface area (Å²) in [5, 5.41) is 3.30. The van der Waals surface area contributed by atoms with Gasteiger partial charge in [0.25, 0.3) is 5.56 Å². The Hall–Kier alpha value is -2.43. The van der Waals surface area contributed by atoms with Gasteiger partial charge in [-0.05, 0) is 41.8 Å². The molecule has 0 aliphatic rings. The summed E-state index contributed by atoms with van der Waals surface area (Å²) in [5.74, 6) is 0.559. The maximum atomic E-state index is 12.7. The van der Waals surface area contributed by atoms with E-state index >= 15 is 0 Å². The molecule has 0 radical (unpaired) electrons. The number of halogens is 1. The van der Waals surface area contributed by atoms with E-state index in [0.717, 1.165) is 27.9 Å². The van der Waals surface area contributed by atoms with Crippen molar-refractivity contribution in [2.45, 2.75) is 13.3 Å². The van der Waals surface area contributed by atoms with Gasteiger partial charge >= 0.3 is 0 Å². The second-order valence-corrected chi connectivity index (χ2v) is 7.10. The molecule has 0 aliphatic heterocycles. The van der Waals surface area contributed by atoms with Crippen molar-refractivity contribution < 1.29 is 0 Å². The highest BCUT2D eigenvalue weighted by Gasteiger charge is 2.13. The number of rotatable bonds is 3. The fourth-order valence-electron chi connectivity index (χ4n) is 2.83. The summed E-state index contributed by atoms with van der Waals surface area (Å²) in [7, 11) is 0. The van der Waals surface area contributed by atoms with Crippen molar-refractivity contribution >= 4 is 33.2 Å². The van der Waals surface area contributed by atoms with Crippen LogP contribution in [0, 0.1) is 0 Å². The van der Waals surface area contributed by atoms with Gasteiger partial charge in [-0.15, -0.1) is 11.3 Å². The van der Waals surface area contributed by atoms with Gasteiger partial charge < -0.3 is 4.98 Å². The second kappa shape index (κ2) is 6.47. The minimum Gasteiger partial charge on any atom is -0.306 e. The van der Waals surface area contributed by atoms with Crippen LogP contribution in [0.2, 0.25) is 5.02 Å². The van der Waals surface area contributed by atoms with Gasteiger partial charge in [0.05, 0.1) is 5.39 Å². The Morgan fingerprint density at radius 1 is 1.04 bits per heavy atom. The van der Waals surface area contributed by atoms with E-state index in [-0.39, 0.29) is 5.56 Å². The molecule has 0 bridgehead atoms. The summed E-state index contributed by atoms with van der Waals surface area (Å²) >= 11 is 7.42. The van der Waals surface area contributed by atoms with Crippen molar-refractivity contribution in [3.05, 3.63) is 74.9 Å². The average Bonchev–Trinajstić information content (AvgIpc) is 3.07. The highest BCUT2D eigenvalue weighted by Crippen LogP contribution is 2.32. The number of fused-ring (bicyclic) bond motifs is 1. The largest absolute Gasteiger partial charge is 0.306 e. The third kappa shape index (κ3) is 2.99. The van der Waals surface area contributed by atoms with E-state index in [1.807, 2.05) is 17.5 Å². The molecule has 1 N–H and O–H groups in total. The van der Waals surface area contributed by atoms with E-state index < -0.39 is 0 Å². The van der Waals surface area contributed by atoms with Gasteiger partial charge in [0.1, 0.15) is 10.7 Å². The number of thiophene rings is 1. The lowest BCUT2D eigenvalue weighted by molar-refractivity contribution is 1.14. The normalized spacial score (nSPS) is 11.1. The summed E-state index contributed by atoms with van der Waals surface area (Å²) in [6, 6.07) is 15.6. The molecule has 0 saturated heterocycles. The van der Waals surface area contributed by atoms with E-state index in [1.54, 1.807) is 12.1 Å². The molecule has 2 heterocycles. The number of hydrogen-bond acceptors (Lipinski definition) is 3. The molecule has 2 aromatic heterocycles. The number of benzene rings is 2. The molecule has 25 heavy (non-hydrogen) atoms. The molecule has 0 amide bonds. The van der Waals surface area contributed by atoms with Gasteiger partial charge in [-0.1, -0.05) is 42.8 Å². The van der Waals surface area contributed by atoms with Crippen LogP contribution in [0.25, 0.3) is 32.7 Å². The Bertz CT molecular complexity index is 1100. The van der Waals surface area contributed by atoms with Crippen molar-refractivity contribution in [1.82, 2.24) is 9.97 Å². The smallest absolute Gasteiger partial charge is 0.260 e.